The van der Waals surface area contributed by atoms with E-state index < -0.39 is 0 Å². The largest absolute Gasteiger partial charge is 0.310 e. The first-order valence-electron chi connectivity index (χ1n) is 8.73. The molecule has 1 saturated heterocycles. The van der Waals surface area contributed by atoms with Crippen LogP contribution in [0.2, 0.25) is 0 Å². The molecule has 1 N–H and O–H groups in total. The third-order valence-electron chi connectivity index (χ3n) is 5.30. The van der Waals surface area contributed by atoms with Crippen LogP contribution in [0.25, 0.3) is 0 Å². The SMILES string of the molecule is CCCC1CC(NC2CCCC2)CN(C(C)CC)C1. The Morgan fingerprint density at radius 2 is 1.84 bits per heavy atom. The van der Waals surface area contributed by atoms with Crippen LogP contribution in [0.3, 0.4) is 0 Å². The fourth-order valence-electron chi connectivity index (χ4n) is 4.02. The fourth-order valence-corrected chi connectivity index (χ4v) is 4.02. The highest BCUT2D eigenvalue weighted by molar-refractivity contribution is 4.88. The predicted octanol–water partition coefficient (Wildman–Crippen LogP) is 3.81. The van der Waals surface area contributed by atoms with Crippen LogP contribution in [0, 0.1) is 5.92 Å². The average Bonchev–Trinajstić information content (AvgIpc) is 2.90. The van der Waals surface area contributed by atoms with E-state index in [0.29, 0.717) is 0 Å². The number of rotatable bonds is 6. The summed E-state index contributed by atoms with van der Waals surface area (Å²) in [5.74, 6) is 0.923. The maximum absolute atomic E-state index is 3.97. The Labute approximate surface area is 120 Å². The van der Waals surface area contributed by atoms with Crippen LogP contribution >= 0.6 is 0 Å². The molecule has 2 fully saturated rings. The molecule has 0 spiro atoms. The van der Waals surface area contributed by atoms with Crippen LogP contribution in [0.15, 0.2) is 0 Å². The number of piperidine rings is 1. The van der Waals surface area contributed by atoms with Crippen LogP contribution < -0.4 is 5.32 Å². The Morgan fingerprint density at radius 3 is 2.47 bits per heavy atom. The maximum atomic E-state index is 3.97. The van der Waals surface area contributed by atoms with Crippen LogP contribution in [-0.2, 0) is 0 Å². The zero-order valence-electron chi connectivity index (χ0n) is 13.3. The summed E-state index contributed by atoms with van der Waals surface area (Å²) >= 11 is 0. The summed E-state index contributed by atoms with van der Waals surface area (Å²) in [5, 5.41) is 3.97. The summed E-state index contributed by atoms with van der Waals surface area (Å²) in [7, 11) is 0. The Kier molecular flexibility index (Phi) is 6.15. The monoisotopic (exact) mass is 266 g/mol. The minimum absolute atomic E-state index is 0.752. The number of likely N-dealkylation sites (tertiary alicyclic amines) is 1. The van der Waals surface area contributed by atoms with E-state index in [1.165, 1.54) is 64.5 Å². The lowest BCUT2D eigenvalue weighted by Crippen LogP contribution is -2.53. The van der Waals surface area contributed by atoms with Gasteiger partial charge in [-0.3, -0.25) is 4.90 Å². The molecule has 2 aliphatic rings. The normalized spacial score (nSPS) is 31.7. The van der Waals surface area contributed by atoms with Gasteiger partial charge < -0.3 is 5.32 Å². The lowest BCUT2D eigenvalue weighted by atomic mass is 9.89. The Bertz CT molecular complexity index is 248. The van der Waals surface area contributed by atoms with Crippen molar-refractivity contribution in [3.8, 4) is 0 Å². The fraction of sp³-hybridized carbons (Fsp3) is 1.00. The molecule has 0 amide bonds. The van der Waals surface area contributed by atoms with Gasteiger partial charge in [-0.25, -0.2) is 0 Å². The van der Waals surface area contributed by atoms with Crippen LogP contribution in [0.5, 0.6) is 0 Å². The summed E-state index contributed by atoms with van der Waals surface area (Å²) in [6.45, 7) is 9.69. The van der Waals surface area contributed by atoms with Crippen molar-refractivity contribution in [3.05, 3.63) is 0 Å². The van der Waals surface area contributed by atoms with Gasteiger partial charge in [0, 0.05) is 31.2 Å². The van der Waals surface area contributed by atoms with Crippen LogP contribution in [0.4, 0.5) is 0 Å². The molecule has 3 unspecified atom stereocenters. The van der Waals surface area contributed by atoms with Crippen molar-refractivity contribution in [2.45, 2.75) is 90.3 Å². The first-order chi connectivity index (χ1) is 9.22. The minimum Gasteiger partial charge on any atom is -0.310 e. The molecule has 2 heteroatoms. The molecule has 1 saturated carbocycles. The van der Waals surface area contributed by atoms with Crippen molar-refractivity contribution in [2.75, 3.05) is 13.1 Å². The standard InChI is InChI=1S/C17H34N2/c1-4-8-15-11-17(18-16-9-6-7-10-16)13-19(12-15)14(3)5-2/h14-18H,4-13H2,1-3H3. The molecule has 2 nitrogen and oxygen atoms in total. The number of nitrogens with one attached hydrogen (secondary N) is 1. The Morgan fingerprint density at radius 1 is 1.11 bits per heavy atom. The second-order valence-corrected chi connectivity index (χ2v) is 6.95. The molecule has 0 bridgehead atoms. The summed E-state index contributed by atoms with van der Waals surface area (Å²) in [5.41, 5.74) is 0. The molecule has 0 aromatic heterocycles. The van der Waals surface area contributed by atoms with E-state index in [-0.39, 0.29) is 0 Å². The molecule has 2 rings (SSSR count). The first kappa shape index (κ1) is 15.3. The molecule has 1 heterocycles. The molecular formula is C17H34N2. The van der Waals surface area contributed by atoms with E-state index in [4.69, 9.17) is 0 Å². The Hall–Kier alpha value is -0.0800. The molecule has 0 aromatic carbocycles. The average molecular weight is 266 g/mol. The summed E-state index contributed by atoms with van der Waals surface area (Å²) < 4.78 is 0. The molecule has 0 radical (unpaired) electrons. The van der Waals surface area contributed by atoms with Crippen molar-refractivity contribution in [1.29, 1.82) is 0 Å². The van der Waals surface area contributed by atoms with E-state index in [2.05, 4.69) is 31.0 Å². The van der Waals surface area contributed by atoms with Gasteiger partial charge in [0.15, 0.2) is 0 Å². The van der Waals surface area contributed by atoms with Crippen LogP contribution in [-0.4, -0.2) is 36.1 Å². The Balaban J connectivity index is 1.89. The van der Waals surface area contributed by atoms with Crippen molar-refractivity contribution in [3.63, 3.8) is 0 Å². The zero-order valence-corrected chi connectivity index (χ0v) is 13.3. The highest BCUT2D eigenvalue weighted by Crippen LogP contribution is 2.26. The van der Waals surface area contributed by atoms with Crippen molar-refractivity contribution in [2.24, 2.45) is 5.92 Å². The van der Waals surface area contributed by atoms with Gasteiger partial charge in [0.2, 0.25) is 0 Å². The van der Waals surface area contributed by atoms with E-state index in [0.717, 1.165) is 24.0 Å². The smallest absolute Gasteiger partial charge is 0.0200 e. The highest BCUT2D eigenvalue weighted by atomic mass is 15.2. The van der Waals surface area contributed by atoms with E-state index in [1.54, 1.807) is 0 Å². The molecular weight excluding hydrogens is 232 g/mol. The zero-order chi connectivity index (χ0) is 13.7. The van der Waals surface area contributed by atoms with Crippen molar-refractivity contribution in [1.82, 2.24) is 10.2 Å². The second-order valence-electron chi connectivity index (χ2n) is 6.95. The summed E-state index contributed by atoms with van der Waals surface area (Å²) in [6.07, 6.45) is 11.2. The molecule has 0 aromatic rings. The van der Waals surface area contributed by atoms with Gasteiger partial charge in [-0.05, 0) is 44.9 Å². The quantitative estimate of drug-likeness (QED) is 0.786. The molecule has 3 atom stereocenters. The molecule has 1 aliphatic heterocycles. The van der Waals surface area contributed by atoms with Crippen molar-refractivity contribution < 1.29 is 0 Å². The molecule has 19 heavy (non-hydrogen) atoms. The number of hydrogen-bond donors (Lipinski definition) is 1. The number of hydrogen-bond acceptors (Lipinski definition) is 2. The van der Waals surface area contributed by atoms with Gasteiger partial charge in [0.05, 0.1) is 0 Å². The minimum atomic E-state index is 0.752. The van der Waals surface area contributed by atoms with E-state index >= 15 is 0 Å². The third kappa shape index (κ3) is 4.46. The summed E-state index contributed by atoms with van der Waals surface area (Å²) in [4.78, 5) is 2.75. The lowest BCUT2D eigenvalue weighted by molar-refractivity contribution is 0.0939. The van der Waals surface area contributed by atoms with Gasteiger partial charge in [0.25, 0.3) is 0 Å². The van der Waals surface area contributed by atoms with Crippen molar-refractivity contribution >= 4 is 0 Å². The van der Waals surface area contributed by atoms with Gasteiger partial charge in [-0.2, -0.15) is 0 Å². The van der Waals surface area contributed by atoms with Gasteiger partial charge in [-0.15, -0.1) is 0 Å². The van der Waals surface area contributed by atoms with Gasteiger partial charge in [0.1, 0.15) is 0 Å². The predicted molar refractivity (Wildman–Crippen MR) is 83.5 cm³/mol. The van der Waals surface area contributed by atoms with Gasteiger partial charge in [-0.1, -0.05) is 33.1 Å². The molecule has 112 valence electrons. The van der Waals surface area contributed by atoms with E-state index in [1.807, 2.05) is 0 Å². The molecule has 1 aliphatic carbocycles. The van der Waals surface area contributed by atoms with Crippen LogP contribution in [0.1, 0.15) is 72.1 Å². The van der Waals surface area contributed by atoms with E-state index in [9.17, 15) is 0 Å². The highest BCUT2D eigenvalue weighted by Gasteiger charge is 2.30. The summed E-state index contributed by atoms with van der Waals surface area (Å²) in [6, 6.07) is 2.33. The second kappa shape index (κ2) is 7.64. The maximum Gasteiger partial charge on any atom is 0.0200 e. The van der Waals surface area contributed by atoms with Gasteiger partial charge >= 0.3 is 0 Å². The third-order valence-corrected chi connectivity index (χ3v) is 5.30. The lowest BCUT2D eigenvalue weighted by Gasteiger charge is -2.42. The first-order valence-corrected chi connectivity index (χ1v) is 8.73. The number of nitrogens with zero attached hydrogens (tertiary/aromatic N) is 1. The topological polar surface area (TPSA) is 15.3 Å².